The van der Waals surface area contributed by atoms with Crippen LogP contribution in [0, 0.1) is 10.1 Å². The first-order valence-corrected chi connectivity index (χ1v) is 3.75. The van der Waals surface area contributed by atoms with Crippen LogP contribution in [0.5, 0.6) is 0 Å². The largest absolute Gasteiger partial charge is 0.328 e. The highest BCUT2D eigenvalue weighted by molar-refractivity contribution is 4.74. The van der Waals surface area contributed by atoms with E-state index in [-0.39, 0.29) is 12.1 Å². The van der Waals surface area contributed by atoms with Gasteiger partial charge in [0.1, 0.15) is 6.10 Å². The minimum Gasteiger partial charge on any atom is -0.328 e. The van der Waals surface area contributed by atoms with E-state index in [1.807, 2.05) is 0 Å². The number of nitrogens with zero attached hydrogens (tertiary/aromatic N) is 1. The lowest BCUT2D eigenvalue weighted by Gasteiger charge is -2.24. The predicted molar refractivity (Wildman–Crippen MR) is 38.3 cm³/mol. The van der Waals surface area contributed by atoms with Gasteiger partial charge in [0.25, 0.3) is 5.09 Å². The Morgan fingerprint density at radius 2 is 2.27 bits per heavy atom. The van der Waals surface area contributed by atoms with Crippen LogP contribution in [0.1, 0.15) is 25.7 Å². The number of nitrogens with two attached hydrogens (primary N) is 1. The minimum atomic E-state index is -0.733. The first-order valence-electron chi connectivity index (χ1n) is 3.75. The van der Waals surface area contributed by atoms with Crippen molar-refractivity contribution in [1.29, 1.82) is 0 Å². The summed E-state index contributed by atoms with van der Waals surface area (Å²) in [6.45, 7) is 0. The molecule has 0 saturated heterocycles. The molecule has 2 unspecified atom stereocenters. The summed E-state index contributed by atoms with van der Waals surface area (Å²) >= 11 is 0. The first-order chi connectivity index (χ1) is 5.18. The molecule has 0 aromatic heterocycles. The second-order valence-corrected chi connectivity index (χ2v) is 2.88. The normalized spacial score (nSPS) is 31.4. The molecule has 5 nitrogen and oxygen atoms in total. The van der Waals surface area contributed by atoms with Gasteiger partial charge in [-0.15, -0.1) is 10.1 Å². The molecule has 1 rings (SSSR count). The van der Waals surface area contributed by atoms with Crippen molar-refractivity contribution in [2.45, 2.75) is 37.8 Å². The zero-order valence-electron chi connectivity index (χ0n) is 6.23. The highest BCUT2D eigenvalue weighted by atomic mass is 17.0. The van der Waals surface area contributed by atoms with Gasteiger partial charge < -0.3 is 10.6 Å². The van der Waals surface area contributed by atoms with Crippen molar-refractivity contribution in [1.82, 2.24) is 0 Å². The fraction of sp³-hybridized carbons (Fsp3) is 1.00. The Hall–Kier alpha value is -0.840. The van der Waals surface area contributed by atoms with Crippen LogP contribution in [-0.2, 0) is 4.84 Å². The summed E-state index contributed by atoms with van der Waals surface area (Å²) < 4.78 is 0. The second kappa shape index (κ2) is 3.52. The van der Waals surface area contributed by atoms with Crippen LogP contribution in [-0.4, -0.2) is 17.2 Å². The molecule has 0 radical (unpaired) electrons. The van der Waals surface area contributed by atoms with Gasteiger partial charge in [-0.1, -0.05) is 0 Å². The van der Waals surface area contributed by atoms with Gasteiger partial charge in [-0.2, -0.15) is 0 Å². The molecule has 1 saturated carbocycles. The summed E-state index contributed by atoms with van der Waals surface area (Å²) in [6.07, 6.45) is 2.99. The van der Waals surface area contributed by atoms with Gasteiger partial charge in [0, 0.05) is 6.04 Å². The van der Waals surface area contributed by atoms with Gasteiger partial charge in [-0.3, -0.25) is 0 Å². The number of hydrogen-bond acceptors (Lipinski definition) is 4. The molecule has 0 spiro atoms. The molecule has 0 amide bonds. The van der Waals surface area contributed by atoms with E-state index in [2.05, 4.69) is 4.84 Å². The zero-order valence-corrected chi connectivity index (χ0v) is 6.23. The Morgan fingerprint density at radius 3 is 2.82 bits per heavy atom. The molecular weight excluding hydrogens is 148 g/mol. The standard InChI is InChI=1S/C6H12N2O3/c7-5-2-1-3-6(4-5)11-8(9)10/h5-6H,1-4,7H2. The van der Waals surface area contributed by atoms with Gasteiger partial charge in [0.05, 0.1) is 0 Å². The fourth-order valence-electron chi connectivity index (χ4n) is 1.40. The molecule has 0 aliphatic heterocycles. The Bertz CT molecular complexity index is 151. The number of rotatable bonds is 2. The maximum atomic E-state index is 9.92. The average molecular weight is 160 g/mol. The lowest BCUT2D eigenvalue weighted by molar-refractivity contribution is -0.769. The Labute approximate surface area is 64.6 Å². The van der Waals surface area contributed by atoms with Gasteiger partial charge in [-0.25, -0.2) is 0 Å². The first kappa shape index (κ1) is 8.26. The minimum absolute atomic E-state index is 0.0775. The molecule has 0 aromatic carbocycles. The summed E-state index contributed by atoms with van der Waals surface area (Å²) in [6, 6.07) is 0.0775. The Balaban J connectivity index is 2.28. The fourth-order valence-corrected chi connectivity index (χ4v) is 1.40. The quantitative estimate of drug-likeness (QED) is 0.470. The van der Waals surface area contributed by atoms with Crippen molar-refractivity contribution >= 4 is 0 Å². The molecule has 5 heteroatoms. The van der Waals surface area contributed by atoms with E-state index in [9.17, 15) is 10.1 Å². The van der Waals surface area contributed by atoms with Gasteiger partial charge in [-0.05, 0) is 25.7 Å². The Kier molecular flexibility index (Phi) is 2.64. The summed E-state index contributed by atoms with van der Waals surface area (Å²) in [5.41, 5.74) is 5.60. The molecule has 0 heterocycles. The van der Waals surface area contributed by atoms with E-state index >= 15 is 0 Å². The average Bonchev–Trinajstić information content (AvgIpc) is 1.85. The van der Waals surface area contributed by atoms with Crippen molar-refractivity contribution in [3.05, 3.63) is 10.1 Å². The third-order valence-electron chi connectivity index (χ3n) is 1.90. The zero-order chi connectivity index (χ0) is 8.27. The van der Waals surface area contributed by atoms with Crippen LogP contribution < -0.4 is 5.73 Å². The van der Waals surface area contributed by atoms with E-state index in [0.29, 0.717) is 6.42 Å². The predicted octanol–water partition coefficient (Wildman–Crippen LogP) is 0.465. The van der Waals surface area contributed by atoms with Crippen molar-refractivity contribution in [3.63, 3.8) is 0 Å². The molecule has 2 N–H and O–H groups in total. The summed E-state index contributed by atoms with van der Waals surface area (Å²) in [5, 5.41) is 9.18. The molecule has 0 aromatic rings. The lowest BCUT2D eigenvalue weighted by Crippen LogP contribution is -2.33. The molecule has 1 fully saturated rings. The van der Waals surface area contributed by atoms with Gasteiger partial charge in [0.2, 0.25) is 0 Å². The molecular formula is C6H12N2O3. The van der Waals surface area contributed by atoms with Crippen LogP contribution in [0.25, 0.3) is 0 Å². The van der Waals surface area contributed by atoms with Gasteiger partial charge >= 0.3 is 0 Å². The summed E-state index contributed by atoms with van der Waals surface area (Å²) in [4.78, 5) is 14.3. The number of hydrogen-bond donors (Lipinski definition) is 1. The monoisotopic (exact) mass is 160 g/mol. The van der Waals surface area contributed by atoms with Crippen molar-refractivity contribution in [2.24, 2.45) is 5.73 Å². The molecule has 64 valence electrons. The van der Waals surface area contributed by atoms with Crippen LogP contribution in [0.3, 0.4) is 0 Å². The maximum absolute atomic E-state index is 9.92. The van der Waals surface area contributed by atoms with E-state index in [0.717, 1.165) is 19.3 Å². The van der Waals surface area contributed by atoms with Crippen LogP contribution >= 0.6 is 0 Å². The van der Waals surface area contributed by atoms with Crippen molar-refractivity contribution < 1.29 is 9.92 Å². The molecule has 2 atom stereocenters. The third kappa shape index (κ3) is 2.71. The molecule has 11 heavy (non-hydrogen) atoms. The highest BCUT2D eigenvalue weighted by Crippen LogP contribution is 2.19. The highest BCUT2D eigenvalue weighted by Gasteiger charge is 2.21. The SMILES string of the molecule is NC1CCCC(O[N+](=O)[O-])C1. The van der Waals surface area contributed by atoms with Gasteiger partial charge in [0.15, 0.2) is 0 Å². The lowest BCUT2D eigenvalue weighted by atomic mass is 9.94. The summed E-state index contributed by atoms with van der Waals surface area (Å²) in [7, 11) is 0. The van der Waals surface area contributed by atoms with E-state index < -0.39 is 5.09 Å². The Morgan fingerprint density at radius 1 is 1.55 bits per heavy atom. The topological polar surface area (TPSA) is 78.4 Å². The second-order valence-electron chi connectivity index (χ2n) is 2.88. The van der Waals surface area contributed by atoms with Crippen LogP contribution in [0.4, 0.5) is 0 Å². The third-order valence-corrected chi connectivity index (χ3v) is 1.90. The molecule has 0 bridgehead atoms. The van der Waals surface area contributed by atoms with E-state index in [1.54, 1.807) is 0 Å². The van der Waals surface area contributed by atoms with Crippen LogP contribution in [0.2, 0.25) is 0 Å². The molecule has 1 aliphatic rings. The van der Waals surface area contributed by atoms with E-state index in [1.165, 1.54) is 0 Å². The van der Waals surface area contributed by atoms with Crippen molar-refractivity contribution in [2.75, 3.05) is 0 Å². The smallest absolute Gasteiger partial charge is 0.294 e. The summed E-state index contributed by atoms with van der Waals surface area (Å²) in [5.74, 6) is 0. The van der Waals surface area contributed by atoms with E-state index in [4.69, 9.17) is 5.73 Å². The van der Waals surface area contributed by atoms with Crippen molar-refractivity contribution in [3.8, 4) is 0 Å². The maximum Gasteiger partial charge on any atom is 0.294 e. The molecule has 1 aliphatic carbocycles. The van der Waals surface area contributed by atoms with Crippen LogP contribution in [0.15, 0.2) is 0 Å².